The molecule has 0 aliphatic heterocycles. The second kappa shape index (κ2) is 5.49. The first-order chi connectivity index (χ1) is 8.58. The van der Waals surface area contributed by atoms with E-state index in [4.69, 9.17) is 10.5 Å². The topological polar surface area (TPSA) is 65.2 Å². The van der Waals surface area contributed by atoms with Crippen molar-refractivity contribution in [2.24, 2.45) is 0 Å². The molecule has 1 heterocycles. The summed E-state index contributed by atoms with van der Waals surface area (Å²) < 4.78 is 5.95. The molecule has 0 saturated heterocycles. The van der Waals surface area contributed by atoms with Gasteiger partial charge in [0.15, 0.2) is 0 Å². The van der Waals surface area contributed by atoms with Crippen molar-refractivity contribution in [1.29, 1.82) is 0 Å². The highest BCUT2D eigenvalue weighted by atomic mass is 79.9. The van der Waals surface area contributed by atoms with Gasteiger partial charge in [0, 0.05) is 21.7 Å². The molecule has 0 radical (unpaired) electrons. The fourth-order valence-corrected chi connectivity index (χ4v) is 2.44. The maximum Gasteiger partial charge on any atom is 0.338 e. The minimum absolute atomic E-state index is 0.183. The van der Waals surface area contributed by atoms with E-state index in [9.17, 15) is 4.79 Å². The van der Waals surface area contributed by atoms with Crippen LogP contribution >= 0.6 is 27.3 Å². The van der Waals surface area contributed by atoms with E-state index in [-0.39, 0.29) is 6.61 Å². The Labute approximate surface area is 117 Å². The van der Waals surface area contributed by atoms with Crippen molar-refractivity contribution in [3.8, 4) is 0 Å². The van der Waals surface area contributed by atoms with Crippen LogP contribution in [-0.2, 0) is 11.3 Å². The highest BCUT2D eigenvalue weighted by molar-refractivity contribution is 9.10. The van der Waals surface area contributed by atoms with Crippen molar-refractivity contribution in [1.82, 2.24) is 4.98 Å². The molecule has 94 valence electrons. The third kappa shape index (κ3) is 2.88. The van der Waals surface area contributed by atoms with Crippen LogP contribution < -0.4 is 5.73 Å². The predicted octanol–water partition coefficient (Wildman–Crippen LogP) is 3.15. The van der Waals surface area contributed by atoms with Crippen LogP contribution in [0.25, 0.3) is 0 Å². The Morgan fingerprint density at radius 2 is 2.33 bits per heavy atom. The number of halogens is 1. The lowest BCUT2D eigenvalue weighted by molar-refractivity contribution is 0.0471. The van der Waals surface area contributed by atoms with Gasteiger partial charge in [-0.05, 0) is 24.6 Å². The first-order valence-corrected chi connectivity index (χ1v) is 6.86. The molecule has 0 bridgehead atoms. The van der Waals surface area contributed by atoms with Crippen LogP contribution in [0, 0.1) is 6.92 Å². The molecule has 0 saturated carbocycles. The number of thiazole rings is 1. The van der Waals surface area contributed by atoms with Crippen LogP contribution in [0.4, 0.5) is 5.69 Å². The van der Waals surface area contributed by atoms with Crippen LogP contribution in [0.1, 0.15) is 20.9 Å². The lowest BCUT2D eigenvalue weighted by atomic mass is 10.1. The molecule has 0 aliphatic carbocycles. The SMILES string of the molecule is Cc1c(N)cc(Br)cc1C(=O)OCc1nccs1. The summed E-state index contributed by atoms with van der Waals surface area (Å²) in [6.45, 7) is 1.98. The van der Waals surface area contributed by atoms with Crippen LogP contribution in [0.2, 0.25) is 0 Å². The fraction of sp³-hybridized carbons (Fsp3) is 0.167. The Morgan fingerprint density at radius 3 is 3.00 bits per heavy atom. The van der Waals surface area contributed by atoms with Gasteiger partial charge in [0.05, 0.1) is 5.56 Å². The average molecular weight is 327 g/mol. The molecule has 18 heavy (non-hydrogen) atoms. The number of anilines is 1. The molecule has 0 fully saturated rings. The van der Waals surface area contributed by atoms with Gasteiger partial charge in [-0.25, -0.2) is 9.78 Å². The number of aromatic nitrogens is 1. The van der Waals surface area contributed by atoms with E-state index in [0.717, 1.165) is 15.0 Å². The van der Waals surface area contributed by atoms with Gasteiger partial charge >= 0.3 is 5.97 Å². The van der Waals surface area contributed by atoms with Crippen molar-refractivity contribution in [3.63, 3.8) is 0 Å². The van der Waals surface area contributed by atoms with Gasteiger partial charge < -0.3 is 10.5 Å². The van der Waals surface area contributed by atoms with Crippen molar-refractivity contribution in [2.75, 3.05) is 5.73 Å². The van der Waals surface area contributed by atoms with E-state index in [1.165, 1.54) is 11.3 Å². The van der Waals surface area contributed by atoms with Crippen molar-refractivity contribution in [2.45, 2.75) is 13.5 Å². The first kappa shape index (κ1) is 13.0. The Hall–Kier alpha value is -1.40. The lowest BCUT2D eigenvalue weighted by Gasteiger charge is -2.09. The number of hydrogen-bond acceptors (Lipinski definition) is 5. The van der Waals surface area contributed by atoms with Gasteiger partial charge in [-0.2, -0.15) is 0 Å². The molecule has 6 heteroatoms. The molecule has 2 rings (SSSR count). The number of benzene rings is 1. The normalized spacial score (nSPS) is 10.3. The Balaban J connectivity index is 2.14. The second-order valence-electron chi connectivity index (χ2n) is 3.67. The summed E-state index contributed by atoms with van der Waals surface area (Å²) in [6.07, 6.45) is 1.68. The maximum absolute atomic E-state index is 11.9. The number of nitrogen functional groups attached to an aromatic ring is 1. The van der Waals surface area contributed by atoms with E-state index in [1.807, 2.05) is 5.38 Å². The zero-order valence-electron chi connectivity index (χ0n) is 9.64. The summed E-state index contributed by atoms with van der Waals surface area (Å²) in [5, 5.41) is 2.61. The summed E-state index contributed by atoms with van der Waals surface area (Å²) in [5.41, 5.74) is 7.56. The van der Waals surface area contributed by atoms with E-state index in [0.29, 0.717) is 11.3 Å². The van der Waals surface area contributed by atoms with Crippen LogP contribution in [0.3, 0.4) is 0 Å². The zero-order chi connectivity index (χ0) is 13.1. The largest absolute Gasteiger partial charge is 0.455 e. The van der Waals surface area contributed by atoms with Crippen LogP contribution in [0.5, 0.6) is 0 Å². The minimum atomic E-state index is -0.393. The van der Waals surface area contributed by atoms with Gasteiger partial charge in [0.25, 0.3) is 0 Å². The standard InChI is InChI=1S/C12H11BrN2O2S/c1-7-9(4-8(13)5-10(7)14)12(16)17-6-11-15-2-3-18-11/h2-5H,6,14H2,1H3. The van der Waals surface area contributed by atoms with Crippen molar-refractivity contribution >= 4 is 38.9 Å². The third-order valence-electron chi connectivity index (χ3n) is 2.44. The number of carbonyl (C=O) groups excluding carboxylic acids is 1. The highest BCUT2D eigenvalue weighted by Gasteiger charge is 2.14. The number of ether oxygens (including phenoxy) is 1. The van der Waals surface area contributed by atoms with Crippen molar-refractivity contribution in [3.05, 3.63) is 44.3 Å². The van der Waals surface area contributed by atoms with Gasteiger partial charge in [-0.3, -0.25) is 0 Å². The summed E-state index contributed by atoms with van der Waals surface area (Å²) >= 11 is 4.76. The van der Waals surface area contributed by atoms with E-state index in [2.05, 4.69) is 20.9 Å². The molecule has 0 aliphatic rings. The number of hydrogen-bond donors (Lipinski definition) is 1. The summed E-state index contributed by atoms with van der Waals surface area (Å²) in [4.78, 5) is 16.0. The fourth-order valence-electron chi connectivity index (χ4n) is 1.44. The highest BCUT2D eigenvalue weighted by Crippen LogP contribution is 2.23. The molecule has 2 N–H and O–H groups in total. The third-order valence-corrected chi connectivity index (χ3v) is 3.65. The molecule has 0 unspecified atom stereocenters. The molecule has 0 amide bonds. The Bertz CT molecular complexity index is 570. The monoisotopic (exact) mass is 326 g/mol. The molecule has 1 aromatic carbocycles. The van der Waals surface area contributed by atoms with Crippen LogP contribution in [-0.4, -0.2) is 11.0 Å². The van der Waals surface area contributed by atoms with E-state index in [1.54, 1.807) is 25.3 Å². The average Bonchev–Trinajstić information content (AvgIpc) is 2.83. The van der Waals surface area contributed by atoms with E-state index < -0.39 is 5.97 Å². The van der Waals surface area contributed by atoms with Gasteiger partial charge in [0.1, 0.15) is 11.6 Å². The quantitative estimate of drug-likeness (QED) is 0.695. The number of nitrogens with zero attached hydrogens (tertiary/aromatic N) is 1. The number of nitrogens with two attached hydrogens (primary N) is 1. The van der Waals surface area contributed by atoms with Crippen LogP contribution in [0.15, 0.2) is 28.2 Å². The molecule has 2 aromatic rings. The van der Waals surface area contributed by atoms with Gasteiger partial charge in [-0.1, -0.05) is 15.9 Å². The molecule has 1 aromatic heterocycles. The molecule has 4 nitrogen and oxygen atoms in total. The first-order valence-electron chi connectivity index (χ1n) is 5.19. The molecular weight excluding hydrogens is 316 g/mol. The summed E-state index contributed by atoms with van der Waals surface area (Å²) in [6, 6.07) is 3.46. The van der Waals surface area contributed by atoms with E-state index >= 15 is 0 Å². The second-order valence-corrected chi connectivity index (χ2v) is 5.56. The number of carbonyl (C=O) groups is 1. The number of esters is 1. The molecule has 0 spiro atoms. The minimum Gasteiger partial charge on any atom is -0.455 e. The predicted molar refractivity (Wildman–Crippen MR) is 74.5 cm³/mol. The van der Waals surface area contributed by atoms with Gasteiger partial charge in [-0.15, -0.1) is 11.3 Å². The lowest BCUT2D eigenvalue weighted by Crippen LogP contribution is -2.08. The molecular formula is C12H11BrN2O2S. The summed E-state index contributed by atoms with van der Waals surface area (Å²) in [5.74, 6) is -0.393. The number of rotatable bonds is 3. The Kier molecular flexibility index (Phi) is 3.98. The van der Waals surface area contributed by atoms with Crippen molar-refractivity contribution < 1.29 is 9.53 Å². The van der Waals surface area contributed by atoms with Gasteiger partial charge in [0.2, 0.25) is 0 Å². The zero-order valence-corrected chi connectivity index (χ0v) is 12.0. The summed E-state index contributed by atoms with van der Waals surface area (Å²) in [7, 11) is 0. The Morgan fingerprint density at radius 1 is 1.56 bits per heavy atom. The smallest absolute Gasteiger partial charge is 0.338 e. The maximum atomic E-state index is 11.9. The molecule has 0 atom stereocenters.